The molecule has 2 aromatic heterocycles. The smallest absolute Gasteiger partial charge is 0.464 e. The van der Waals surface area contributed by atoms with Crippen molar-refractivity contribution in [1.82, 2.24) is 9.58 Å². The quantitative estimate of drug-likeness (QED) is 0.300. The first-order chi connectivity index (χ1) is 22.4. The van der Waals surface area contributed by atoms with E-state index in [4.69, 9.17) is 23.4 Å². The van der Waals surface area contributed by atoms with Crippen LogP contribution in [-0.4, -0.2) is 66.9 Å². The zero-order chi connectivity index (χ0) is 31.5. The number of hydrogen-bond donors (Lipinski definition) is 0. The van der Waals surface area contributed by atoms with Crippen LogP contribution in [0.3, 0.4) is 0 Å². The second-order valence-corrected chi connectivity index (χ2v) is 11.4. The van der Waals surface area contributed by atoms with Crippen LogP contribution in [0.25, 0.3) is 22.5 Å². The summed E-state index contributed by atoms with van der Waals surface area (Å²) in [7, 11) is 0. The summed E-state index contributed by atoms with van der Waals surface area (Å²) in [5, 5.41) is 1.77. The maximum Gasteiger partial charge on any atom is 0.514 e. The summed E-state index contributed by atoms with van der Waals surface area (Å²) >= 11 is 0. The molecule has 5 heterocycles. The highest BCUT2D eigenvalue weighted by atomic mass is 19.2. The van der Waals surface area contributed by atoms with Gasteiger partial charge in [-0.25, -0.2) is 13.6 Å². The van der Waals surface area contributed by atoms with Gasteiger partial charge in [0.1, 0.15) is 18.0 Å². The topological polar surface area (TPSA) is 113 Å². The summed E-state index contributed by atoms with van der Waals surface area (Å²) in [4.78, 5) is 41.9. The normalized spacial score (nSPS) is 20.5. The summed E-state index contributed by atoms with van der Waals surface area (Å²) in [5.74, 6) is -2.79. The number of halogens is 2. The van der Waals surface area contributed by atoms with Crippen LogP contribution in [0.15, 0.2) is 70.2 Å². The molecule has 46 heavy (non-hydrogen) atoms. The van der Waals surface area contributed by atoms with E-state index in [1.165, 1.54) is 34.2 Å². The van der Waals surface area contributed by atoms with E-state index in [1.807, 2.05) is 24.3 Å². The average Bonchev–Trinajstić information content (AvgIpc) is 3.51. The molecule has 2 saturated heterocycles. The fourth-order valence-electron chi connectivity index (χ4n) is 6.83. The molecule has 0 N–H and O–H groups in total. The van der Waals surface area contributed by atoms with Crippen molar-refractivity contribution in [3.8, 4) is 28.2 Å². The summed E-state index contributed by atoms with van der Waals surface area (Å²) in [6.07, 6.45) is 1.45. The molecule has 236 valence electrons. The molecule has 2 aromatic carbocycles. The van der Waals surface area contributed by atoms with Crippen molar-refractivity contribution >= 4 is 12.1 Å². The highest BCUT2D eigenvalue weighted by Crippen LogP contribution is 2.49. The Hall–Kier alpha value is -5.01. The molecule has 13 heteroatoms. The van der Waals surface area contributed by atoms with Gasteiger partial charge >= 0.3 is 6.16 Å². The monoisotopic (exact) mass is 631 g/mol. The molecule has 2 fully saturated rings. The van der Waals surface area contributed by atoms with E-state index in [1.54, 1.807) is 11.1 Å². The minimum Gasteiger partial charge on any atom is -0.464 e. The molecule has 1 amide bonds. The van der Waals surface area contributed by atoms with Gasteiger partial charge in [0.05, 0.1) is 38.7 Å². The minimum absolute atomic E-state index is 0.00392. The van der Waals surface area contributed by atoms with Gasteiger partial charge in [-0.05, 0) is 23.3 Å². The average molecular weight is 632 g/mol. The maximum atomic E-state index is 15.9. The van der Waals surface area contributed by atoms with Crippen LogP contribution in [-0.2, 0) is 14.2 Å². The molecular weight excluding hydrogens is 604 g/mol. The molecule has 0 bridgehead atoms. The molecule has 2 unspecified atom stereocenters. The number of hydrogen-bond acceptors (Lipinski definition) is 9. The SMILES string of the molecule is O=C(Oc1c2n(ccc1=O)N(C1c3ccccc3-c3occc3-c3c1ccc(F)c3F)C1COCCN1C2=O)OC1CCOCC1. The number of amides is 1. The molecule has 1 aliphatic carbocycles. The number of rotatable bonds is 3. The van der Waals surface area contributed by atoms with Gasteiger partial charge in [0, 0.05) is 48.3 Å². The van der Waals surface area contributed by atoms with Crippen LogP contribution >= 0.6 is 0 Å². The van der Waals surface area contributed by atoms with Gasteiger partial charge in [0.15, 0.2) is 17.3 Å². The van der Waals surface area contributed by atoms with E-state index < -0.39 is 53.2 Å². The molecule has 2 atom stereocenters. The van der Waals surface area contributed by atoms with Crippen LogP contribution < -0.4 is 15.2 Å². The lowest BCUT2D eigenvalue weighted by molar-refractivity contribution is -0.0209. The lowest BCUT2D eigenvalue weighted by Gasteiger charge is -2.51. The van der Waals surface area contributed by atoms with E-state index in [0.717, 1.165) is 6.07 Å². The Kier molecular flexibility index (Phi) is 6.87. The van der Waals surface area contributed by atoms with Crippen molar-refractivity contribution in [2.24, 2.45) is 0 Å². The lowest BCUT2D eigenvalue weighted by atomic mass is 9.92. The number of morpholine rings is 1. The van der Waals surface area contributed by atoms with Gasteiger partial charge in [-0.1, -0.05) is 30.3 Å². The Morgan fingerprint density at radius 2 is 1.74 bits per heavy atom. The Morgan fingerprint density at radius 3 is 2.59 bits per heavy atom. The number of benzene rings is 2. The third-order valence-corrected chi connectivity index (χ3v) is 8.89. The Bertz CT molecular complexity index is 1930. The zero-order valence-corrected chi connectivity index (χ0v) is 24.3. The summed E-state index contributed by atoms with van der Waals surface area (Å²) in [5.41, 5.74) is 1.13. The number of fused-ring (bicyclic) bond motifs is 7. The summed E-state index contributed by atoms with van der Waals surface area (Å²) in [6, 6.07) is 11.8. The first kappa shape index (κ1) is 28.5. The minimum atomic E-state index is -1.12. The van der Waals surface area contributed by atoms with Crippen molar-refractivity contribution in [2.45, 2.75) is 31.2 Å². The second-order valence-electron chi connectivity index (χ2n) is 11.4. The molecule has 11 nitrogen and oxygen atoms in total. The molecule has 0 saturated carbocycles. The van der Waals surface area contributed by atoms with Crippen molar-refractivity contribution in [2.75, 3.05) is 38.0 Å². The molecule has 3 aliphatic heterocycles. The van der Waals surface area contributed by atoms with Gasteiger partial charge in [-0.3, -0.25) is 19.3 Å². The summed E-state index contributed by atoms with van der Waals surface area (Å²) in [6.45, 7) is 1.29. The largest absolute Gasteiger partial charge is 0.514 e. The van der Waals surface area contributed by atoms with Crippen LogP contribution in [0.1, 0.15) is 40.5 Å². The Labute approximate surface area is 260 Å². The highest BCUT2D eigenvalue weighted by molar-refractivity contribution is 5.97. The summed E-state index contributed by atoms with van der Waals surface area (Å²) < 4.78 is 60.2. The predicted molar refractivity (Wildman–Crippen MR) is 157 cm³/mol. The second kappa shape index (κ2) is 11.1. The molecular formula is C33H27F2N3O8. The predicted octanol–water partition coefficient (Wildman–Crippen LogP) is 4.60. The van der Waals surface area contributed by atoms with Gasteiger partial charge in [-0.15, -0.1) is 0 Å². The van der Waals surface area contributed by atoms with E-state index >= 15 is 4.39 Å². The van der Waals surface area contributed by atoms with Crippen molar-refractivity contribution in [3.63, 3.8) is 0 Å². The number of furan rings is 1. The van der Waals surface area contributed by atoms with Crippen LogP contribution in [0, 0.1) is 11.6 Å². The third-order valence-electron chi connectivity index (χ3n) is 8.89. The molecule has 0 spiro atoms. The third kappa shape index (κ3) is 4.41. The van der Waals surface area contributed by atoms with Gasteiger partial charge in [0.25, 0.3) is 5.91 Å². The molecule has 4 aromatic rings. The molecule has 0 radical (unpaired) electrons. The fraction of sp³-hybridized carbons (Fsp3) is 0.303. The first-order valence-corrected chi connectivity index (χ1v) is 15.0. The zero-order valence-electron chi connectivity index (χ0n) is 24.3. The van der Waals surface area contributed by atoms with E-state index in [2.05, 4.69) is 0 Å². The van der Waals surface area contributed by atoms with E-state index in [9.17, 15) is 18.8 Å². The molecule has 4 aliphatic rings. The van der Waals surface area contributed by atoms with Gasteiger partial charge in [-0.2, -0.15) is 0 Å². The number of nitrogens with zero attached hydrogens (tertiary/aromatic N) is 3. The van der Waals surface area contributed by atoms with Crippen molar-refractivity contribution < 1.29 is 41.7 Å². The van der Waals surface area contributed by atoms with Gasteiger partial charge < -0.3 is 28.3 Å². The number of aromatic nitrogens is 1. The number of ether oxygens (including phenoxy) is 4. The first-order valence-electron chi connectivity index (χ1n) is 15.0. The van der Waals surface area contributed by atoms with Crippen LogP contribution in [0.4, 0.5) is 13.6 Å². The van der Waals surface area contributed by atoms with E-state index in [-0.39, 0.29) is 31.0 Å². The fourth-order valence-corrected chi connectivity index (χ4v) is 6.83. The van der Waals surface area contributed by atoms with E-state index in [0.29, 0.717) is 54.1 Å². The standard InChI is InChI=1S/C33H27F2N3O8/c34-23-6-5-21-26(27(23)35)22-10-15-44-30(22)20-4-2-1-3-19(20)28(21)38-25-17-43-16-12-36(25)32(40)29-31(24(39)7-11-37(29)38)46-33(41)45-18-8-13-42-14-9-18/h1-7,10-11,15,18,25,28H,8-9,12-14,16-17H2. The van der Waals surface area contributed by atoms with Crippen LogP contribution in [0.2, 0.25) is 0 Å². The van der Waals surface area contributed by atoms with Gasteiger partial charge in [0.2, 0.25) is 11.2 Å². The highest BCUT2D eigenvalue weighted by Gasteiger charge is 2.47. The van der Waals surface area contributed by atoms with Crippen molar-refractivity contribution in [3.05, 3.63) is 99.7 Å². The maximum absolute atomic E-state index is 15.9. The number of pyridine rings is 1. The lowest BCUT2D eigenvalue weighted by Crippen LogP contribution is -2.66. The number of carbonyl (C=O) groups is 2. The number of carbonyl (C=O) groups excluding carboxylic acids is 2. The van der Waals surface area contributed by atoms with Crippen molar-refractivity contribution in [1.29, 1.82) is 0 Å². The Balaban J connectivity index is 1.33. The Morgan fingerprint density at radius 1 is 0.913 bits per heavy atom. The van der Waals surface area contributed by atoms with Crippen LogP contribution in [0.5, 0.6) is 5.75 Å². The molecule has 8 rings (SSSR count).